The van der Waals surface area contributed by atoms with E-state index in [0.29, 0.717) is 13.0 Å². The predicted octanol–water partition coefficient (Wildman–Crippen LogP) is 4.30. The number of alkyl carbamates (subject to hydrolysis) is 1. The number of carbonyl (C=O) groups is 2. The van der Waals surface area contributed by atoms with Crippen molar-refractivity contribution in [1.29, 1.82) is 0 Å². The Labute approximate surface area is 161 Å². The van der Waals surface area contributed by atoms with Gasteiger partial charge in [-0.1, -0.05) is 6.92 Å². The molecule has 6 nitrogen and oxygen atoms in total. The molecule has 8 heteroatoms. The van der Waals surface area contributed by atoms with Crippen LogP contribution in [0.5, 0.6) is 5.75 Å². The average molecular weight is 434 g/mol. The molecule has 26 heavy (non-hydrogen) atoms. The number of carbonyl (C=O) groups excluding carboxylic acids is 2. The van der Waals surface area contributed by atoms with E-state index in [1.807, 2.05) is 6.92 Å². The zero-order valence-electron chi connectivity index (χ0n) is 15.7. The quantitative estimate of drug-likeness (QED) is 0.648. The van der Waals surface area contributed by atoms with Crippen molar-refractivity contribution in [1.82, 2.24) is 5.32 Å². The summed E-state index contributed by atoms with van der Waals surface area (Å²) in [6, 6.07) is 2.46. The third-order valence-corrected chi connectivity index (χ3v) is 3.90. The fourth-order valence-electron chi connectivity index (χ4n) is 1.96. The molecule has 1 amide bonds. The molecule has 146 valence electrons. The van der Waals surface area contributed by atoms with Crippen LogP contribution in [0.1, 0.15) is 44.5 Å². The summed E-state index contributed by atoms with van der Waals surface area (Å²) in [4.78, 5) is 23.4. The van der Waals surface area contributed by atoms with E-state index in [4.69, 9.17) is 9.47 Å². The lowest BCUT2D eigenvalue weighted by Gasteiger charge is -2.21. The SMILES string of the molecule is COC(=O)c1cc(Br)c(F)cc1OCC[C@@H](C)CNC(=O)OC(C)(C)C. The van der Waals surface area contributed by atoms with E-state index in [-0.39, 0.29) is 28.3 Å². The molecular weight excluding hydrogens is 409 g/mol. The first-order valence-electron chi connectivity index (χ1n) is 8.20. The third kappa shape index (κ3) is 7.59. The molecule has 0 saturated heterocycles. The van der Waals surface area contributed by atoms with Crippen molar-refractivity contribution in [2.24, 2.45) is 5.92 Å². The molecule has 0 bridgehead atoms. The first-order valence-corrected chi connectivity index (χ1v) is 8.99. The molecule has 0 saturated carbocycles. The minimum Gasteiger partial charge on any atom is -0.493 e. The number of ether oxygens (including phenoxy) is 3. The van der Waals surface area contributed by atoms with Gasteiger partial charge in [-0.25, -0.2) is 14.0 Å². The molecule has 0 spiro atoms. The highest BCUT2D eigenvalue weighted by Gasteiger charge is 2.18. The maximum atomic E-state index is 13.7. The summed E-state index contributed by atoms with van der Waals surface area (Å²) in [5.41, 5.74) is -0.410. The van der Waals surface area contributed by atoms with Crippen LogP contribution < -0.4 is 10.1 Å². The fraction of sp³-hybridized carbons (Fsp3) is 0.556. The van der Waals surface area contributed by atoms with Gasteiger partial charge in [-0.15, -0.1) is 0 Å². The number of nitrogens with one attached hydrogen (secondary N) is 1. The van der Waals surface area contributed by atoms with Gasteiger partial charge in [0.2, 0.25) is 0 Å². The lowest BCUT2D eigenvalue weighted by atomic mass is 10.1. The number of methoxy groups -OCH3 is 1. The Morgan fingerprint density at radius 1 is 1.31 bits per heavy atom. The van der Waals surface area contributed by atoms with Crippen LogP contribution in [-0.2, 0) is 9.47 Å². The van der Waals surface area contributed by atoms with E-state index in [1.165, 1.54) is 13.2 Å². The van der Waals surface area contributed by atoms with Gasteiger partial charge in [0.1, 0.15) is 22.7 Å². The second-order valence-electron chi connectivity index (χ2n) is 6.88. The van der Waals surface area contributed by atoms with Crippen molar-refractivity contribution in [3.8, 4) is 5.75 Å². The number of halogens is 2. The van der Waals surface area contributed by atoms with Crippen LogP contribution in [-0.4, -0.2) is 37.9 Å². The Morgan fingerprint density at radius 2 is 1.96 bits per heavy atom. The monoisotopic (exact) mass is 433 g/mol. The number of rotatable bonds is 7. The molecule has 0 aliphatic heterocycles. The second-order valence-corrected chi connectivity index (χ2v) is 7.73. The molecule has 0 heterocycles. The fourth-order valence-corrected chi connectivity index (χ4v) is 2.30. The minimum absolute atomic E-state index is 0.101. The van der Waals surface area contributed by atoms with E-state index >= 15 is 0 Å². The Morgan fingerprint density at radius 3 is 2.54 bits per heavy atom. The molecule has 0 aliphatic carbocycles. The maximum absolute atomic E-state index is 13.7. The zero-order chi connectivity index (χ0) is 19.9. The van der Waals surface area contributed by atoms with Crippen LogP contribution in [0.25, 0.3) is 0 Å². The van der Waals surface area contributed by atoms with Gasteiger partial charge in [-0.3, -0.25) is 0 Å². The maximum Gasteiger partial charge on any atom is 0.407 e. The number of hydrogen-bond acceptors (Lipinski definition) is 5. The highest BCUT2D eigenvalue weighted by atomic mass is 79.9. The van der Waals surface area contributed by atoms with Gasteiger partial charge in [0, 0.05) is 12.6 Å². The Bertz CT molecular complexity index is 645. The lowest BCUT2D eigenvalue weighted by molar-refractivity contribution is 0.0516. The molecule has 0 fully saturated rings. The van der Waals surface area contributed by atoms with Gasteiger partial charge >= 0.3 is 12.1 Å². The van der Waals surface area contributed by atoms with E-state index in [1.54, 1.807) is 20.8 Å². The Kier molecular flexibility index (Phi) is 8.33. The Hall–Kier alpha value is -1.83. The first kappa shape index (κ1) is 22.2. The summed E-state index contributed by atoms with van der Waals surface area (Å²) >= 11 is 3.03. The van der Waals surface area contributed by atoms with E-state index < -0.39 is 23.5 Å². The normalized spacial score (nSPS) is 12.3. The van der Waals surface area contributed by atoms with Gasteiger partial charge in [-0.05, 0) is 55.1 Å². The second kappa shape index (κ2) is 9.75. The number of amides is 1. The van der Waals surface area contributed by atoms with Crippen molar-refractivity contribution in [2.45, 2.75) is 39.7 Å². The van der Waals surface area contributed by atoms with Crippen LogP contribution in [0.2, 0.25) is 0 Å². The van der Waals surface area contributed by atoms with E-state index in [2.05, 4.69) is 26.0 Å². The van der Waals surface area contributed by atoms with Crippen LogP contribution in [0, 0.1) is 11.7 Å². The van der Waals surface area contributed by atoms with Gasteiger partial charge < -0.3 is 19.5 Å². The highest BCUT2D eigenvalue weighted by Crippen LogP contribution is 2.27. The topological polar surface area (TPSA) is 73.9 Å². The number of esters is 1. The third-order valence-electron chi connectivity index (χ3n) is 3.29. The molecule has 1 aromatic rings. The number of benzene rings is 1. The van der Waals surface area contributed by atoms with Crippen molar-refractivity contribution < 1.29 is 28.2 Å². The zero-order valence-corrected chi connectivity index (χ0v) is 17.2. The van der Waals surface area contributed by atoms with Gasteiger partial charge in [0.15, 0.2) is 0 Å². The van der Waals surface area contributed by atoms with Gasteiger partial charge in [0.05, 0.1) is 18.2 Å². The van der Waals surface area contributed by atoms with Crippen LogP contribution >= 0.6 is 15.9 Å². The van der Waals surface area contributed by atoms with Crippen LogP contribution in [0.3, 0.4) is 0 Å². The molecule has 1 rings (SSSR count). The smallest absolute Gasteiger partial charge is 0.407 e. The molecule has 1 aromatic carbocycles. The van der Waals surface area contributed by atoms with E-state index in [9.17, 15) is 14.0 Å². The minimum atomic E-state index is -0.611. The molecule has 0 aliphatic rings. The van der Waals surface area contributed by atoms with Crippen molar-refractivity contribution in [2.75, 3.05) is 20.3 Å². The van der Waals surface area contributed by atoms with Crippen LogP contribution in [0.4, 0.5) is 9.18 Å². The molecule has 0 aromatic heterocycles. The average Bonchev–Trinajstić information content (AvgIpc) is 2.53. The predicted molar refractivity (Wildman–Crippen MR) is 99.0 cm³/mol. The molecule has 1 N–H and O–H groups in total. The summed E-state index contributed by atoms with van der Waals surface area (Å²) < 4.78 is 29.3. The Balaban J connectivity index is 2.53. The summed E-state index contributed by atoms with van der Waals surface area (Å²) in [5.74, 6) is -0.929. The van der Waals surface area contributed by atoms with Crippen molar-refractivity contribution >= 4 is 28.0 Å². The highest BCUT2D eigenvalue weighted by molar-refractivity contribution is 9.10. The lowest BCUT2D eigenvalue weighted by Crippen LogP contribution is -2.35. The van der Waals surface area contributed by atoms with Crippen molar-refractivity contribution in [3.05, 3.63) is 28.0 Å². The summed E-state index contributed by atoms with van der Waals surface area (Å²) in [5, 5.41) is 2.69. The largest absolute Gasteiger partial charge is 0.493 e. The van der Waals surface area contributed by atoms with Crippen LogP contribution in [0.15, 0.2) is 16.6 Å². The van der Waals surface area contributed by atoms with Gasteiger partial charge in [0.25, 0.3) is 0 Å². The van der Waals surface area contributed by atoms with E-state index in [0.717, 1.165) is 6.07 Å². The summed E-state index contributed by atoms with van der Waals surface area (Å²) in [7, 11) is 1.24. The number of hydrogen-bond donors (Lipinski definition) is 1. The summed E-state index contributed by atoms with van der Waals surface area (Å²) in [6.45, 7) is 7.98. The standard InChI is InChI=1S/C18H25BrFNO5/c1-11(10-21-17(23)26-18(2,3)4)6-7-25-15-9-14(20)13(19)8-12(15)16(22)24-5/h8-9,11H,6-7,10H2,1-5H3,(H,21,23)/t11-/m1/s1. The molecule has 0 unspecified atom stereocenters. The summed E-state index contributed by atoms with van der Waals surface area (Å²) in [6.07, 6.45) is 0.113. The molecule has 0 radical (unpaired) electrons. The van der Waals surface area contributed by atoms with Gasteiger partial charge in [-0.2, -0.15) is 0 Å². The first-order chi connectivity index (χ1) is 12.0. The molecule has 1 atom stereocenters. The molecular formula is C18H25BrFNO5. The van der Waals surface area contributed by atoms with Crippen molar-refractivity contribution in [3.63, 3.8) is 0 Å².